The standard InChI is InChI=1S/C12H18N4O/c13-11-8-14-10(7-15-11)9-16-6-4-2-1-3-5-12(16)17/h7-8H,1-6,9H2,(H2,13,15). The number of rotatable bonds is 2. The van der Waals surface area contributed by atoms with E-state index in [1.165, 1.54) is 19.0 Å². The highest BCUT2D eigenvalue weighted by Crippen LogP contribution is 2.13. The minimum Gasteiger partial charge on any atom is -0.382 e. The number of aromatic nitrogens is 2. The van der Waals surface area contributed by atoms with Crippen LogP contribution in [-0.2, 0) is 11.3 Å². The molecule has 0 spiro atoms. The third kappa shape index (κ3) is 3.41. The van der Waals surface area contributed by atoms with Gasteiger partial charge in [-0.3, -0.25) is 9.78 Å². The summed E-state index contributed by atoms with van der Waals surface area (Å²) in [5.74, 6) is 0.635. The van der Waals surface area contributed by atoms with Crippen molar-refractivity contribution in [2.45, 2.75) is 38.6 Å². The van der Waals surface area contributed by atoms with Gasteiger partial charge in [0.1, 0.15) is 5.82 Å². The van der Waals surface area contributed by atoms with Gasteiger partial charge in [-0.2, -0.15) is 0 Å². The van der Waals surface area contributed by atoms with E-state index < -0.39 is 0 Å². The highest BCUT2D eigenvalue weighted by molar-refractivity contribution is 5.76. The zero-order valence-corrected chi connectivity index (χ0v) is 9.93. The first-order valence-corrected chi connectivity index (χ1v) is 6.10. The largest absolute Gasteiger partial charge is 0.382 e. The molecule has 2 rings (SSSR count). The SMILES string of the molecule is Nc1cnc(CN2CCCCCCC2=O)cn1. The summed E-state index contributed by atoms with van der Waals surface area (Å²) in [6, 6.07) is 0. The van der Waals surface area contributed by atoms with Crippen LogP contribution in [0.5, 0.6) is 0 Å². The molecule has 0 atom stereocenters. The van der Waals surface area contributed by atoms with E-state index in [1.807, 2.05) is 4.90 Å². The van der Waals surface area contributed by atoms with Crippen molar-refractivity contribution in [2.75, 3.05) is 12.3 Å². The van der Waals surface area contributed by atoms with Crippen molar-refractivity contribution in [3.8, 4) is 0 Å². The summed E-state index contributed by atoms with van der Waals surface area (Å²) in [4.78, 5) is 21.9. The lowest BCUT2D eigenvalue weighted by Gasteiger charge is -2.24. The van der Waals surface area contributed by atoms with Crippen LogP contribution < -0.4 is 5.73 Å². The molecule has 2 heterocycles. The molecule has 1 aromatic rings. The Morgan fingerprint density at radius 3 is 2.76 bits per heavy atom. The Kier molecular flexibility index (Phi) is 3.90. The number of hydrogen-bond acceptors (Lipinski definition) is 4. The molecule has 0 aliphatic carbocycles. The zero-order valence-electron chi connectivity index (χ0n) is 9.93. The maximum absolute atomic E-state index is 11.9. The monoisotopic (exact) mass is 234 g/mol. The number of likely N-dealkylation sites (tertiary alicyclic amines) is 1. The Hall–Kier alpha value is -1.65. The number of carbonyl (C=O) groups is 1. The second-order valence-electron chi connectivity index (χ2n) is 4.41. The maximum atomic E-state index is 11.9. The number of nitrogen functional groups attached to an aromatic ring is 1. The Morgan fingerprint density at radius 2 is 2.00 bits per heavy atom. The van der Waals surface area contributed by atoms with E-state index in [9.17, 15) is 4.79 Å². The van der Waals surface area contributed by atoms with Gasteiger partial charge in [-0.15, -0.1) is 0 Å². The van der Waals surface area contributed by atoms with Crippen molar-refractivity contribution < 1.29 is 4.79 Å². The fraction of sp³-hybridized carbons (Fsp3) is 0.583. The average Bonchev–Trinajstić information content (AvgIpc) is 2.31. The first-order chi connectivity index (χ1) is 8.25. The molecule has 0 aromatic carbocycles. The molecule has 0 radical (unpaired) electrons. The van der Waals surface area contributed by atoms with E-state index in [-0.39, 0.29) is 5.91 Å². The second-order valence-corrected chi connectivity index (χ2v) is 4.41. The molecule has 5 nitrogen and oxygen atoms in total. The average molecular weight is 234 g/mol. The maximum Gasteiger partial charge on any atom is 0.222 e. The molecule has 1 aromatic heterocycles. The van der Waals surface area contributed by atoms with E-state index >= 15 is 0 Å². The number of carbonyl (C=O) groups excluding carboxylic acids is 1. The quantitative estimate of drug-likeness (QED) is 0.838. The lowest BCUT2D eigenvalue weighted by molar-refractivity contribution is -0.132. The van der Waals surface area contributed by atoms with Crippen LogP contribution in [0.15, 0.2) is 12.4 Å². The molecule has 1 amide bonds. The van der Waals surface area contributed by atoms with Crippen LogP contribution in [0.25, 0.3) is 0 Å². The van der Waals surface area contributed by atoms with Crippen LogP contribution in [0.2, 0.25) is 0 Å². The van der Waals surface area contributed by atoms with Gasteiger partial charge in [-0.05, 0) is 12.8 Å². The Balaban J connectivity index is 1.99. The van der Waals surface area contributed by atoms with Crippen LogP contribution >= 0.6 is 0 Å². The van der Waals surface area contributed by atoms with Crippen LogP contribution in [0.4, 0.5) is 5.82 Å². The molecule has 92 valence electrons. The number of anilines is 1. The van der Waals surface area contributed by atoms with E-state index in [2.05, 4.69) is 9.97 Å². The van der Waals surface area contributed by atoms with Crippen molar-refractivity contribution in [2.24, 2.45) is 0 Å². The Labute approximate surface area is 101 Å². The third-order valence-electron chi connectivity index (χ3n) is 3.00. The number of amides is 1. The molecule has 0 saturated carbocycles. The van der Waals surface area contributed by atoms with Crippen LogP contribution in [0, 0.1) is 0 Å². The predicted octanol–water partition coefficient (Wildman–Crippen LogP) is 1.35. The highest BCUT2D eigenvalue weighted by Gasteiger charge is 2.16. The van der Waals surface area contributed by atoms with Gasteiger partial charge in [0.25, 0.3) is 0 Å². The lowest BCUT2D eigenvalue weighted by atomic mass is 10.1. The van der Waals surface area contributed by atoms with Gasteiger partial charge >= 0.3 is 0 Å². The molecule has 1 saturated heterocycles. The van der Waals surface area contributed by atoms with E-state index in [0.717, 1.165) is 25.1 Å². The molecule has 0 bridgehead atoms. The van der Waals surface area contributed by atoms with Gasteiger partial charge in [0.15, 0.2) is 0 Å². The second kappa shape index (κ2) is 5.61. The van der Waals surface area contributed by atoms with Crippen LogP contribution in [0.1, 0.15) is 37.8 Å². The topological polar surface area (TPSA) is 72.1 Å². The van der Waals surface area contributed by atoms with Gasteiger partial charge in [-0.25, -0.2) is 4.98 Å². The Morgan fingerprint density at radius 1 is 1.18 bits per heavy atom. The van der Waals surface area contributed by atoms with E-state index in [4.69, 9.17) is 5.73 Å². The first-order valence-electron chi connectivity index (χ1n) is 6.10. The van der Waals surface area contributed by atoms with Crippen molar-refractivity contribution in [1.29, 1.82) is 0 Å². The lowest BCUT2D eigenvalue weighted by Crippen LogP contribution is -2.32. The molecule has 17 heavy (non-hydrogen) atoms. The number of nitrogens with zero attached hydrogens (tertiary/aromatic N) is 3. The number of nitrogens with two attached hydrogens (primary N) is 1. The van der Waals surface area contributed by atoms with Crippen LogP contribution in [0.3, 0.4) is 0 Å². The fourth-order valence-electron chi connectivity index (χ4n) is 2.02. The minimum absolute atomic E-state index is 0.225. The number of hydrogen-bond donors (Lipinski definition) is 1. The normalized spacial score (nSPS) is 17.6. The predicted molar refractivity (Wildman–Crippen MR) is 64.9 cm³/mol. The molecule has 1 fully saturated rings. The summed E-state index contributed by atoms with van der Waals surface area (Å²) in [7, 11) is 0. The minimum atomic E-state index is 0.225. The van der Waals surface area contributed by atoms with Crippen molar-refractivity contribution >= 4 is 11.7 Å². The summed E-state index contributed by atoms with van der Waals surface area (Å²) >= 11 is 0. The molecule has 2 N–H and O–H groups in total. The summed E-state index contributed by atoms with van der Waals surface area (Å²) in [6.07, 6.45) is 8.28. The van der Waals surface area contributed by atoms with Gasteiger partial charge in [-0.1, -0.05) is 12.8 Å². The van der Waals surface area contributed by atoms with Crippen LogP contribution in [-0.4, -0.2) is 27.3 Å². The molecule has 5 heteroatoms. The van der Waals surface area contributed by atoms with Gasteiger partial charge in [0.05, 0.1) is 24.6 Å². The Bertz CT molecular complexity index is 377. The van der Waals surface area contributed by atoms with Gasteiger partial charge in [0.2, 0.25) is 5.91 Å². The summed E-state index contributed by atoms with van der Waals surface area (Å²) in [5.41, 5.74) is 6.28. The summed E-state index contributed by atoms with van der Waals surface area (Å²) < 4.78 is 0. The highest BCUT2D eigenvalue weighted by atomic mass is 16.2. The van der Waals surface area contributed by atoms with E-state index in [1.54, 1.807) is 6.20 Å². The first kappa shape index (κ1) is 11.8. The molecule has 0 unspecified atom stereocenters. The molecular formula is C12H18N4O. The van der Waals surface area contributed by atoms with Gasteiger partial charge in [0, 0.05) is 13.0 Å². The van der Waals surface area contributed by atoms with Crippen molar-refractivity contribution in [3.05, 3.63) is 18.1 Å². The van der Waals surface area contributed by atoms with Crippen molar-refractivity contribution in [1.82, 2.24) is 14.9 Å². The smallest absolute Gasteiger partial charge is 0.222 e. The van der Waals surface area contributed by atoms with Gasteiger partial charge < -0.3 is 10.6 Å². The fourth-order valence-corrected chi connectivity index (χ4v) is 2.02. The molecule has 1 aliphatic heterocycles. The third-order valence-corrected chi connectivity index (χ3v) is 3.00. The summed E-state index contributed by atoms with van der Waals surface area (Å²) in [6.45, 7) is 1.37. The zero-order chi connectivity index (χ0) is 12.1. The molecular weight excluding hydrogens is 216 g/mol. The summed E-state index contributed by atoms with van der Waals surface area (Å²) in [5, 5.41) is 0. The van der Waals surface area contributed by atoms with E-state index in [0.29, 0.717) is 18.8 Å². The molecule has 1 aliphatic rings. The van der Waals surface area contributed by atoms with Crippen molar-refractivity contribution in [3.63, 3.8) is 0 Å².